The molecule has 4 aliphatic heterocycles. The number of hydrogen-bond acceptors (Lipinski definition) is 13. The fourth-order valence-corrected chi connectivity index (χ4v) is 12.5. The van der Waals surface area contributed by atoms with Gasteiger partial charge in [0, 0.05) is 98.2 Å². The molecule has 2 aromatic heterocycles. The minimum atomic E-state index is -2.73. The standard InChI is InChI=1S/C51H62BrN10O5P/c1-8-33-28-41(56-50-53-30-38(52)47(58-50)55-40-14-13-39-36(11-9-31(2)54-39)46(40)68(6,7)66)44(67-5)29-43(33)61-21-18-34(19-22-61)60-25-23-59(24-26-60)20-17-32-10-12-35-37(27-32)51(3,4)62(49(35)65)42-15-16-45(63)57-48(42)64/h9-14,27-30,34,42H,8,15-26H2,1-7H3,(H,57,63,64)(H2,53,55,56,58). The fourth-order valence-electron chi connectivity index (χ4n) is 10.7. The molecule has 1 unspecified atom stereocenters. The third-order valence-electron chi connectivity index (χ3n) is 14.3. The lowest BCUT2D eigenvalue weighted by Crippen LogP contribution is -2.57. The molecular weight excluding hydrogens is 944 g/mol. The molecule has 1 atom stereocenters. The third kappa shape index (κ3) is 9.49. The van der Waals surface area contributed by atoms with Crippen molar-refractivity contribution >= 4 is 85.8 Å². The Morgan fingerprint density at radius 3 is 2.38 bits per heavy atom. The number of imide groups is 1. The molecule has 0 aliphatic carbocycles. The lowest BCUT2D eigenvalue weighted by molar-refractivity contribution is -0.138. The van der Waals surface area contributed by atoms with Crippen molar-refractivity contribution in [2.45, 2.75) is 83.8 Å². The Morgan fingerprint density at radius 1 is 0.912 bits per heavy atom. The van der Waals surface area contributed by atoms with E-state index in [4.69, 9.17) is 9.72 Å². The van der Waals surface area contributed by atoms with Gasteiger partial charge in [0.05, 0.1) is 34.0 Å². The molecule has 3 saturated heterocycles. The second-order valence-electron chi connectivity index (χ2n) is 19.4. The summed E-state index contributed by atoms with van der Waals surface area (Å²) in [6.45, 7) is 18.7. The summed E-state index contributed by atoms with van der Waals surface area (Å²) >= 11 is 3.63. The number of benzene rings is 3. The average Bonchev–Trinajstić information content (AvgIpc) is 3.51. The Bertz CT molecular complexity index is 2840. The monoisotopic (exact) mass is 1000 g/mol. The van der Waals surface area contributed by atoms with Crippen molar-refractivity contribution in [3.8, 4) is 5.75 Å². The maximum atomic E-state index is 13.7. The van der Waals surface area contributed by atoms with Gasteiger partial charge in [0.15, 0.2) is 0 Å². The van der Waals surface area contributed by atoms with Crippen LogP contribution in [0.3, 0.4) is 0 Å². The van der Waals surface area contributed by atoms with Gasteiger partial charge >= 0.3 is 0 Å². The molecule has 5 aromatic rings. The van der Waals surface area contributed by atoms with Crippen molar-refractivity contribution < 1.29 is 23.7 Å². The number of pyridine rings is 1. The van der Waals surface area contributed by atoms with Crippen molar-refractivity contribution in [3.05, 3.63) is 93.2 Å². The molecule has 0 spiro atoms. The fraction of sp³-hybridized carbons (Fsp3) is 0.451. The number of ether oxygens (including phenoxy) is 1. The van der Waals surface area contributed by atoms with Gasteiger partial charge in [-0.05, 0) is 129 Å². The van der Waals surface area contributed by atoms with Crippen LogP contribution in [0.15, 0.2) is 65.3 Å². The first-order valence-electron chi connectivity index (χ1n) is 23.8. The summed E-state index contributed by atoms with van der Waals surface area (Å²) in [5, 5.41) is 10.9. The van der Waals surface area contributed by atoms with Crippen LogP contribution in [0, 0.1) is 6.92 Å². The molecule has 9 rings (SSSR count). The zero-order chi connectivity index (χ0) is 48.1. The van der Waals surface area contributed by atoms with Crippen LogP contribution in [-0.4, -0.2) is 126 Å². The van der Waals surface area contributed by atoms with Crippen molar-refractivity contribution in [1.29, 1.82) is 0 Å². The zero-order valence-corrected chi connectivity index (χ0v) is 42.6. The van der Waals surface area contributed by atoms with E-state index >= 15 is 0 Å². The number of rotatable bonds is 13. The maximum absolute atomic E-state index is 13.7. The van der Waals surface area contributed by atoms with E-state index in [1.165, 1.54) is 16.8 Å². The Kier molecular flexibility index (Phi) is 13.4. The van der Waals surface area contributed by atoms with Crippen molar-refractivity contribution in [2.75, 3.05) is 81.8 Å². The number of anilines is 5. The molecule has 15 nitrogen and oxygen atoms in total. The van der Waals surface area contributed by atoms with E-state index in [1.807, 2.05) is 51.1 Å². The number of nitrogens with one attached hydrogen (secondary N) is 3. The summed E-state index contributed by atoms with van der Waals surface area (Å²) in [6, 6.07) is 18.1. The van der Waals surface area contributed by atoms with Gasteiger partial charge in [-0.25, -0.2) is 4.98 Å². The van der Waals surface area contributed by atoms with Gasteiger partial charge in [0.25, 0.3) is 5.91 Å². The highest BCUT2D eigenvalue weighted by molar-refractivity contribution is 9.10. The summed E-state index contributed by atoms with van der Waals surface area (Å²) in [7, 11) is -1.04. The van der Waals surface area contributed by atoms with E-state index in [2.05, 4.69) is 87.7 Å². The normalized spacial score (nSPS) is 19.4. The number of hydrogen-bond donors (Lipinski definition) is 3. The van der Waals surface area contributed by atoms with Gasteiger partial charge in [-0.3, -0.25) is 29.6 Å². The van der Waals surface area contributed by atoms with Crippen LogP contribution in [0.2, 0.25) is 0 Å². The van der Waals surface area contributed by atoms with E-state index < -0.39 is 24.6 Å². The number of fused-ring (bicyclic) bond motifs is 2. The number of aromatic nitrogens is 3. The van der Waals surface area contributed by atoms with Gasteiger partial charge in [0.1, 0.15) is 24.8 Å². The predicted octanol–water partition coefficient (Wildman–Crippen LogP) is 7.73. The van der Waals surface area contributed by atoms with Gasteiger partial charge in [-0.2, -0.15) is 4.98 Å². The molecule has 3 aromatic carbocycles. The molecule has 3 fully saturated rings. The Labute approximate surface area is 407 Å². The number of aryl methyl sites for hydroxylation is 2. The lowest BCUT2D eigenvalue weighted by Gasteiger charge is -2.43. The van der Waals surface area contributed by atoms with E-state index in [9.17, 15) is 18.9 Å². The second-order valence-corrected chi connectivity index (χ2v) is 23.4. The van der Waals surface area contributed by atoms with Crippen molar-refractivity contribution in [1.82, 2.24) is 35.0 Å². The SMILES string of the molecule is CCc1cc(Nc2ncc(Br)c(Nc3ccc4nc(C)ccc4c3P(C)(C)=O)n2)c(OC)cc1N1CCC(N2CCN(CCc3ccc4c(c3)C(C)(C)N(C3CCC(=O)NC3=O)C4=O)CC2)CC1. The van der Waals surface area contributed by atoms with Crippen LogP contribution in [0.4, 0.5) is 28.8 Å². The van der Waals surface area contributed by atoms with Gasteiger partial charge < -0.3 is 34.6 Å². The molecular formula is C51H62BrN10O5P. The van der Waals surface area contributed by atoms with Crippen LogP contribution in [0.1, 0.15) is 79.2 Å². The summed E-state index contributed by atoms with van der Waals surface area (Å²) < 4.78 is 20.3. The summed E-state index contributed by atoms with van der Waals surface area (Å²) in [6.07, 6.45) is 6.20. The van der Waals surface area contributed by atoms with Crippen molar-refractivity contribution in [3.63, 3.8) is 0 Å². The number of halogens is 1. The molecule has 0 radical (unpaired) electrons. The summed E-state index contributed by atoms with van der Waals surface area (Å²) in [4.78, 5) is 61.7. The van der Waals surface area contributed by atoms with Crippen LogP contribution in [0.5, 0.6) is 5.75 Å². The Morgan fingerprint density at radius 2 is 1.68 bits per heavy atom. The maximum Gasteiger partial charge on any atom is 0.255 e. The third-order valence-corrected chi connectivity index (χ3v) is 16.4. The number of carbonyl (C=O) groups excluding carboxylic acids is 3. The number of methoxy groups -OCH3 is 1. The smallest absolute Gasteiger partial charge is 0.255 e. The molecule has 0 bridgehead atoms. The summed E-state index contributed by atoms with van der Waals surface area (Å²) in [5.41, 5.74) is 7.72. The van der Waals surface area contributed by atoms with E-state index in [1.54, 1.807) is 31.5 Å². The van der Waals surface area contributed by atoms with E-state index in [0.29, 0.717) is 45.7 Å². The average molecular weight is 1010 g/mol. The Balaban J connectivity index is 0.798. The van der Waals surface area contributed by atoms with Gasteiger partial charge in [-0.15, -0.1) is 0 Å². The van der Waals surface area contributed by atoms with Crippen LogP contribution in [0.25, 0.3) is 10.9 Å². The molecule has 68 heavy (non-hydrogen) atoms. The molecule has 6 heterocycles. The molecule has 3 amide bonds. The molecule has 4 aliphatic rings. The number of carbonyl (C=O) groups is 3. The highest BCUT2D eigenvalue weighted by atomic mass is 79.9. The van der Waals surface area contributed by atoms with Crippen molar-refractivity contribution in [2.24, 2.45) is 0 Å². The van der Waals surface area contributed by atoms with Gasteiger partial charge in [0.2, 0.25) is 17.8 Å². The highest BCUT2D eigenvalue weighted by Gasteiger charge is 2.49. The van der Waals surface area contributed by atoms with Crippen LogP contribution < -0.4 is 30.9 Å². The van der Waals surface area contributed by atoms with E-state index in [0.717, 1.165) is 105 Å². The Hall–Kier alpha value is -5.41. The minimum Gasteiger partial charge on any atom is -0.494 e. The molecule has 0 saturated carbocycles. The second kappa shape index (κ2) is 19.2. The quantitative estimate of drug-likeness (QED) is 0.0777. The molecule has 17 heteroatoms. The number of piperazine rings is 1. The lowest BCUT2D eigenvalue weighted by atomic mass is 9.90. The number of piperidine rings is 2. The highest BCUT2D eigenvalue weighted by Crippen LogP contribution is 2.44. The topological polar surface area (TPSA) is 165 Å². The number of amides is 3. The first kappa shape index (κ1) is 47.6. The largest absolute Gasteiger partial charge is 0.494 e. The predicted molar refractivity (Wildman–Crippen MR) is 273 cm³/mol. The zero-order valence-electron chi connectivity index (χ0n) is 40.1. The molecule has 3 N–H and O–H groups in total. The van der Waals surface area contributed by atoms with Crippen LogP contribution >= 0.6 is 23.1 Å². The van der Waals surface area contributed by atoms with Gasteiger partial charge in [-0.1, -0.05) is 25.1 Å². The van der Waals surface area contributed by atoms with E-state index in [-0.39, 0.29) is 18.2 Å². The first-order valence-corrected chi connectivity index (χ1v) is 27.2. The molecule has 358 valence electrons. The number of nitrogens with zero attached hydrogens (tertiary/aromatic N) is 7. The van der Waals surface area contributed by atoms with Crippen LogP contribution in [-0.2, 0) is 32.5 Å². The minimum absolute atomic E-state index is 0.144. The first-order chi connectivity index (χ1) is 32.5. The summed E-state index contributed by atoms with van der Waals surface area (Å²) in [5.74, 6) is 0.823.